The first-order valence-electron chi connectivity index (χ1n) is 6.91. The van der Waals surface area contributed by atoms with Crippen LogP contribution in [0.1, 0.15) is 32.1 Å². The molecule has 104 valence electrons. The molecular weight excluding hydrogens is 230 g/mol. The summed E-state index contributed by atoms with van der Waals surface area (Å²) in [6.45, 7) is 2.65. The lowest BCUT2D eigenvalue weighted by Gasteiger charge is -2.30. The fraction of sp³-hybridized carbons (Fsp3) is 0.923. The number of carbonyl (C=O) groups excluding carboxylic acids is 1. The number of hydrogen-bond donors (Lipinski definition) is 2. The lowest BCUT2D eigenvalue weighted by atomic mass is 9.85. The maximum atomic E-state index is 11.5. The van der Waals surface area contributed by atoms with Crippen molar-refractivity contribution >= 4 is 5.91 Å². The number of ether oxygens (including phenoxy) is 1. The smallest absolute Gasteiger partial charge is 0.237 e. The van der Waals surface area contributed by atoms with Gasteiger partial charge in [-0.05, 0) is 45.2 Å². The SMILES string of the molecule is CN(CCC1CCCC1(N)C(N)=O)C1CCOC1. The van der Waals surface area contributed by atoms with Crippen LogP contribution in [0.25, 0.3) is 0 Å². The van der Waals surface area contributed by atoms with Crippen molar-refractivity contribution in [3.05, 3.63) is 0 Å². The fourth-order valence-electron chi connectivity index (χ4n) is 3.24. The van der Waals surface area contributed by atoms with Gasteiger partial charge in [-0.25, -0.2) is 0 Å². The Labute approximate surface area is 109 Å². The highest BCUT2D eigenvalue weighted by Crippen LogP contribution is 2.36. The van der Waals surface area contributed by atoms with Crippen molar-refractivity contribution in [2.45, 2.75) is 43.7 Å². The lowest BCUT2D eigenvalue weighted by molar-refractivity contribution is -0.124. The van der Waals surface area contributed by atoms with Gasteiger partial charge in [-0.15, -0.1) is 0 Å². The third-order valence-electron chi connectivity index (χ3n) is 4.69. The van der Waals surface area contributed by atoms with E-state index < -0.39 is 5.54 Å². The van der Waals surface area contributed by atoms with Crippen molar-refractivity contribution in [2.75, 3.05) is 26.8 Å². The molecule has 0 aromatic rings. The quantitative estimate of drug-likeness (QED) is 0.729. The summed E-state index contributed by atoms with van der Waals surface area (Å²) in [5, 5.41) is 0. The van der Waals surface area contributed by atoms with E-state index in [1.807, 2.05) is 0 Å². The second-order valence-corrected chi connectivity index (χ2v) is 5.78. The molecule has 5 heteroatoms. The maximum absolute atomic E-state index is 11.5. The van der Waals surface area contributed by atoms with E-state index in [-0.39, 0.29) is 11.8 Å². The van der Waals surface area contributed by atoms with Crippen LogP contribution in [0.5, 0.6) is 0 Å². The second kappa shape index (κ2) is 5.55. The first kappa shape index (κ1) is 13.8. The van der Waals surface area contributed by atoms with Crippen molar-refractivity contribution in [1.29, 1.82) is 0 Å². The van der Waals surface area contributed by atoms with E-state index in [9.17, 15) is 4.79 Å². The Kier molecular flexibility index (Phi) is 4.25. The standard InChI is InChI=1S/C13H25N3O2/c1-16(11-5-8-18-9-11)7-4-10-3-2-6-13(10,15)12(14)17/h10-11H,2-9,15H2,1H3,(H2,14,17). The average molecular weight is 255 g/mol. The number of hydrogen-bond acceptors (Lipinski definition) is 4. The van der Waals surface area contributed by atoms with Crippen molar-refractivity contribution in [3.8, 4) is 0 Å². The van der Waals surface area contributed by atoms with Crippen LogP contribution in [0.4, 0.5) is 0 Å². The Hall–Kier alpha value is -0.650. The first-order chi connectivity index (χ1) is 8.54. The topological polar surface area (TPSA) is 81.6 Å². The van der Waals surface area contributed by atoms with E-state index in [4.69, 9.17) is 16.2 Å². The summed E-state index contributed by atoms with van der Waals surface area (Å²) < 4.78 is 5.39. The van der Waals surface area contributed by atoms with Crippen molar-refractivity contribution in [2.24, 2.45) is 17.4 Å². The minimum Gasteiger partial charge on any atom is -0.380 e. The van der Waals surface area contributed by atoms with Gasteiger partial charge < -0.3 is 21.1 Å². The Bertz CT molecular complexity index is 305. The zero-order chi connectivity index (χ0) is 13.2. The van der Waals surface area contributed by atoms with Crippen LogP contribution in [0.3, 0.4) is 0 Å². The highest BCUT2D eigenvalue weighted by molar-refractivity contribution is 5.85. The number of rotatable bonds is 5. The summed E-state index contributed by atoms with van der Waals surface area (Å²) >= 11 is 0. The molecule has 2 rings (SSSR count). The Balaban J connectivity index is 1.83. The van der Waals surface area contributed by atoms with Crippen LogP contribution in [-0.4, -0.2) is 49.2 Å². The van der Waals surface area contributed by atoms with Crippen LogP contribution in [-0.2, 0) is 9.53 Å². The molecule has 4 N–H and O–H groups in total. The highest BCUT2D eigenvalue weighted by atomic mass is 16.5. The van der Waals surface area contributed by atoms with Crippen molar-refractivity contribution in [3.63, 3.8) is 0 Å². The van der Waals surface area contributed by atoms with Gasteiger partial charge in [0.2, 0.25) is 5.91 Å². The Morgan fingerprint density at radius 3 is 2.89 bits per heavy atom. The van der Waals surface area contributed by atoms with E-state index in [0.717, 1.165) is 51.9 Å². The van der Waals surface area contributed by atoms with Crippen molar-refractivity contribution in [1.82, 2.24) is 4.90 Å². The molecule has 0 aromatic heterocycles. The van der Waals surface area contributed by atoms with Gasteiger partial charge in [-0.1, -0.05) is 6.42 Å². The molecule has 1 aliphatic carbocycles. The molecule has 0 bridgehead atoms. The van der Waals surface area contributed by atoms with Crippen LogP contribution in [0.15, 0.2) is 0 Å². The van der Waals surface area contributed by atoms with Gasteiger partial charge in [0.25, 0.3) is 0 Å². The van der Waals surface area contributed by atoms with Crippen LogP contribution in [0, 0.1) is 5.92 Å². The third kappa shape index (κ3) is 2.68. The molecule has 2 fully saturated rings. The summed E-state index contributed by atoms with van der Waals surface area (Å²) in [5.41, 5.74) is 10.9. The van der Waals surface area contributed by atoms with Gasteiger partial charge in [0.05, 0.1) is 12.1 Å². The molecule has 1 aliphatic heterocycles. The molecule has 18 heavy (non-hydrogen) atoms. The summed E-state index contributed by atoms with van der Waals surface area (Å²) in [7, 11) is 2.12. The minimum absolute atomic E-state index is 0.236. The van der Waals surface area contributed by atoms with E-state index in [2.05, 4.69) is 11.9 Å². The number of amides is 1. The molecule has 1 amide bonds. The summed E-state index contributed by atoms with van der Waals surface area (Å²) in [6.07, 6.45) is 4.83. The van der Waals surface area contributed by atoms with E-state index >= 15 is 0 Å². The zero-order valence-electron chi connectivity index (χ0n) is 11.2. The van der Waals surface area contributed by atoms with Crippen LogP contribution < -0.4 is 11.5 Å². The van der Waals surface area contributed by atoms with E-state index in [1.54, 1.807) is 0 Å². The van der Waals surface area contributed by atoms with Gasteiger partial charge in [0.15, 0.2) is 0 Å². The predicted octanol–water partition coefficient (Wildman–Crippen LogP) is 0.0801. The molecule has 0 radical (unpaired) electrons. The fourth-order valence-corrected chi connectivity index (χ4v) is 3.24. The molecule has 3 unspecified atom stereocenters. The first-order valence-corrected chi connectivity index (χ1v) is 6.91. The average Bonchev–Trinajstić information content (AvgIpc) is 2.96. The Morgan fingerprint density at radius 1 is 1.50 bits per heavy atom. The molecule has 3 atom stereocenters. The highest BCUT2D eigenvalue weighted by Gasteiger charge is 2.44. The van der Waals surface area contributed by atoms with Gasteiger partial charge in [0.1, 0.15) is 0 Å². The molecule has 1 heterocycles. The van der Waals surface area contributed by atoms with E-state index in [1.165, 1.54) is 0 Å². The maximum Gasteiger partial charge on any atom is 0.237 e. The molecule has 2 aliphatic rings. The summed E-state index contributed by atoms with van der Waals surface area (Å²) in [5.74, 6) is -0.100. The molecule has 0 spiro atoms. The largest absolute Gasteiger partial charge is 0.380 e. The number of carbonyl (C=O) groups is 1. The molecule has 5 nitrogen and oxygen atoms in total. The van der Waals surface area contributed by atoms with Gasteiger partial charge >= 0.3 is 0 Å². The van der Waals surface area contributed by atoms with Crippen LogP contribution >= 0.6 is 0 Å². The second-order valence-electron chi connectivity index (χ2n) is 5.78. The van der Waals surface area contributed by atoms with Gasteiger partial charge in [0, 0.05) is 12.6 Å². The molecule has 0 aromatic carbocycles. The zero-order valence-corrected chi connectivity index (χ0v) is 11.2. The monoisotopic (exact) mass is 255 g/mol. The molecule has 1 saturated heterocycles. The van der Waals surface area contributed by atoms with Gasteiger partial charge in [-0.3, -0.25) is 4.79 Å². The van der Waals surface area contributed by atoms with Gasteiger partial charge in [-0.2, -0.15) is 0 Å². The molecule has 1 saturated carbocycles. The number of nitrogens with zero attached hydrogens (tertiary/aromatic N) is 1. The predicted molar refractivity (Wildman–Crippen MR) is 69.9 cm³/mol. The summed E-state index contributed by atoms with van der Waals surface area (Å²) in [6, 6.07) is 0.521. The number of nitrogens with two attached hydrogens (primary N) is 2. The normalized spacial score (nSPS) is 36.4. The number of likely N-dealkylation sites (N-methyl/N-ethyl adjacent to an activating group) is 1. The summed E-state index contributed by atoms with van der Waals surface area (Å²) in [4.78, 5) is 13.8. The molecular formula is C13H25N3O2. The van der Waals surface area contributed by atoms with Crippen molar-refractivity contribution < 1.29 is 9.53 Å². The lowest BCUT2D eigenvalue weighted by Crippen LogP contribution is -2.55. The third-order valence-corrected chi connectivity index (χ3v) is 4.69. The number of primary amides is 1. The van der Waals surface area contributed by atoms with E-state index in [0.29, 0.717) is 6.04 Å². The minimum atomic E-state index is -0.771. The Morgan fingerprint density at radius 2 is 2.28 bits per heavy atom. The van der Waals surface area contributed by atoms with Crippen LogP contribution in [0.2, 0.25) is 0 Å².